The van der Waals surface area contributed by atoms with Crippen molar-refractivity contribution in [3.8, 4) is 5.75 Å². The molecule has 2 N–H and O–H groups in total. The lowest BCUT2D eigenvalue weighted by atomic mass is 10.2. The van der Waals surface area contributed by atoms with Crippen molar-refractivity contribution in [2.75, 3.05) is 0 Å². The summed E-state index contributed by atoms with van der Waals surface area (Å²) in [5, 5.41) is 11.6. The maximum Gasteiger partial charge on any atom is 0.233 e. The molecule has 0 unspecified atom stereocenters. The zero-order valence-corrected chi connectivity index (χ0v) is 12.4. The molecule has 0 radical (unpaired) electrons. The summed E-state index contributed by atoms with van der Waals surface area (Å²) in [6.45, 7) is 1.96. The molecule has 0 fully saturated rings. The number of hydrogen-bond acceptors (Lipinski definition) is 3. The van der Waals surface area contributed by atoms with Gasteiger partial charge in [-0.25, -0.2) is 4.39 Å². The summed E-state index contributed by atoms with van der Waals surface area (Å²) in [4.78, 5) is 12.9. The molecule has 110 valence electrons. The van der Waals surface area contributed by atoms with E-state index in [-0.39, 0.29) is 29.3 Å². The van der Waals surface area contributed by atoms with Crippen molar-refractivity contribution < 1.29 is 14.3 Å². The van der Waals surface area contributed by atoms with Gasteiger partial charge in [-0.1, -0.05) is 18.2 Å². The third-order valence-electron chi connectivity index (χ3n) is 2.93. The monoisotopic (exact) mass is 305 g/mol. The molecule has 0 aliphatic carbocycles. The number of nitrogens with one attached hydrogen (secondary N) is 1. The number of phenolic OH excluding ortho intramolecular Hbond substituents is 1. The first-order chi connectivity index (χ1) is 10.1. The Kier molecular flexibility index (Phi) is 5.22. The molecule has 0 heterocycles. The van der Waals surface area contributed by atoms with Gasteiger partial charge >= 0.3 is 0 Å². The predicted molar refractivity (Wildman–Crippen MR) is 81.7 cm³/mol. The van der Waals surface area contributed by atoms with E-state index in [1.54, 1.807) is 49.4 Å². The van der Waals surface area contributed by atoms with Gasteiger partial charge < -0.3 is 10.4 Å². The molecule has 1 amide bonds. The molecule has 3 nitrogen and oxygen atoms in total. The number of amides is 1. The molecule has 2 rings (SSSR count). The van der Waals surface area contributed by atoms with Crippen LogP contribution in [0, 0.1) is 5.82 Å². The number of carbonyl (C=O) groups is 1. The normalized spacial score (nSPS) is 11.9. The number of phenols is 1. The average Bonchev–Trinajstić information content (AvgIpc) is 2.48. The van der Waals surface area contributed by atoms with E-state index in [1.165, 1.54) is 17.8 Å². The van der Waals surface area contributed by atoms with Crippen molar-refractivity contribution in [2.45, 2.75) is 23.6 Å². The predicted octanol–water partition coefficient (Wildman–Crippen LogP) is 3.33. The SMILES string of the molecule is C[C@@H](Sc1ccc(O)cc1)C(=O)NCc1ccccc1F. The lowest BCUT2D eigenvalue weighted by molar-refractivity contribution is -0.120. The molecule has 2 aromatic rings. The third kappa shape index (κ3) is 4.49. The van der Waals surface area contributed by atoms with Gasteiger partial charge in [-0.3, -0.25) is 4.79 Å². The molecule has 21 heavy (non-hydrogen) atoms. The Morgan fingerprint density at radius 2 is 1.90 bits per heavy atom. The van der Waals surface area contributed by atoms with Crippen molar-refractivity contribution in [2.24, 2.45) is 0 Å². The van der Waals surface area contributed by atoms with E-state index in [0.29, 0.717) is 5.56 Å². The Morgan fingerprint density at radius 3 is 2.57 bits per heavy atom. The Balaban J connectivity index is 1.88. The van der Waals surface area contributed by atoms with Crippen LogP contribution in [0.1, 0.15) is 12.5 Å². The van der Waals surface area contributed by atoms with Gasteiger partial charge in [0.25, 0.3) is 0 Å². The minimum Gasteiger partial charge on any atom is -0.508 e. The van der Waals surface area contributed by atoms with Crippen LogP contribution in [0.2, 0.25) is 0 Å². The molecular weight excluding hydrogens is 289 g/mol. The summed E-state index contributed by atoms with van der Waals surface area (Å²) in [6.07, 6.45) is 0. The topological polar surface area (TPSA) is 49.3 Å². The van der Waals surface area contributed by atoms with Crippen LogP contribution >= 0.6 is 11.8 Å². The minimum absolute atomic E-state index is 0.156. The summed E-state index contributed by atoms with van der Waals surface area (Å²) >= 11 is 1.38. The first-order valence-electron chi connectivity index (χ1n) is 6.53. The van der Waals surface area contributed by atoms with Crippen molar-refractivity contribution in [3.63, 3.8) is 0 Å². The fraction of sp³-hybridized carbons (Fsp3) is 0.188. The van der Waals surface area contributed by atoms with Gasteiger partial charge in [0.2, 0.25) is 5.91 Å². The lowest BCUT2D eigenvalue weighted by Gasteiger charge is -2.12. The number of rotatable bonds is 5. The summed E-state index contributed by atoms with van der Waals surface area (Å²) in [5.74, 6) is -0.288. The van der Waals surface area contributed by atoms with E-state index in [2.05, 4.69) is 5.32 Å². The fourth-order valence-corrected chi connectivity index (χ4v) is 2.64. The lowest BCUT2D eigenvalue weighted by Crippen LogP contribution is -2.30. The average molecular weight is 305 g/mol. The van der Waals surface area contributed by atoms with E-state index in [4.69, 9.17) is 0 Å². The first-order valence-corrected chi connectivity index (χ1v) is 7.41. The molecule has 0 spiro atoms. The van der Waals surface area contributed by atoms with Crippen LogP contribution in [0.15, 0.2) is 53.4 Å². The van der Waals surface area contributed by atoms with Gasteiger partial charge in [-0.05, 0) is 37.3 Å². The summed E-state index contributed by atoms with van der Waals surface area (Å²) < 4.78 is 13.4. The van der Waals surface area contributed by atoms with Crippen molar-refractivity contribution >= 4 is 17.7 Å². The van der Waals surface area contributed by atoms with E-state index in [9.17, 15) is 14.3 Å². The first kappa shape index (κ1) is 15.4. The highest BCUT2D eigenvalue weighted by atomic mass is 32.2. The number of thioether (sulfide) groups is 1. The Hall–Kier alpha value is -2.01. The van der Waals surface area contributed by atoms with Crippen LogP contribution in [0.4, 0.5) is 4.39 Å². The van der Waals surface area contributed by atoms with E-state index in [0.717, 1.165) is 4.90 Å². The molecule has 0 bridgehead atoms. The number of halogens is 1. The van der Waals surface area contributed by atoms with Gasteiger partial charge in [-0.2, -0.15) is 0 Å². The largest absolute Gasteiger partial charge is 0.508 e. The third-order valence-corrected chi connectivity index (χ3v) is 4.04. The quantitative estimate of drug-likeness (QED) is 0.833. The molecule has 0 saturated carbocycles. The summed E-state index contributed by atoms with van der Waals surface area (Å²) in [6, 6.07) is 13.0. The highest BCUT2D eigenvalue weighted by Crippen LogP contribution is 2.25. The van der Waals surface area contributed by atoms with E-state index in [1.807, 2.05) is 0 Å². The second kappa shape index (κ2) is 7.13. The van der Waals surface area contributed by atoms with Crippen LogP contribution in [0.5, 0.6) is 5.75 Å². The van der Waals surface area contributed by atoms with Crippen LogP contribution in [-0.4, -0.2) is 16.3 Å². The second-order valence-electron chi connectivity index (χ2n) is 4.56. The van der Waals surface area contributed by atoms with E-state index >= 15 is 0 Å². The smallest absolute Gasteiger partial charge is 0.233 e. The fourth-order valence-electron chi connectivity index (χ4n) is 1.75. The molecule has 0 aromatic heterocycles. The maximum atomic E-state index is 13.4. The Labute approximate surface area is 127 Å². The number of hydrogen-bond donors (Lipinski definition) is 2. The molecule has 2 aromatic carbocycles. The minimum atomic E-state index is -0.323. The van der Waals surface area contributed by atoms with Crippen molar-refractivity contribution in [1.29, 1.82) is 0 Å². The maximum absolute atomic E-state index is 13.4. The summed E-state index contributed by atoms with van der Waals surface area (Å²) in [7, 11) is 0. The Morgan fingerprint density at radius 1 is 1.24 bits per heavy atom. The van der Waals surface area contributed by atoms with Gasteiger partial charge in [0, 0.05) is 17.0 Å². The number of benzene rings is 2. The van der Waals surface area contributed by atoms with Crippen LogP contribution in [0.3, 0.4) is 0 Å². The molecule has 5 heteroatoms. The number of carbonyl (C=O) groups excluding carboxylic acids is 1. The van der Waals surface area contributed by atoms with Gasteiger partial charge in [-0.15, -0.1) is 11.8 Å². The van der Waals surface area contributed by atoms with Crippen molar-refractivity contribution in [3.05, 3.63) is 59.9 Å². The van der Waals surface area contributed by atoms with Crippen LogP contribution in [-0.2, 0) is 11.3 Å². The highest BCUT2D eigenvalue weighted by Gasteiger charge is 2.14. The molecule has 0 aliphatic heterocycles. The molecular formula is C16H16FNO2S. The molecule has 0 aliphatic rings. The standard InChI is InChI=1S/C16H16FNO2S/c1-11(21-14-8-6-13(19)7-9-14)16(20)18-10-12-4-2-3-5-15(12)17/h2-9,11,19H,10H2,1H3,(H,18,20)/t11-/m1/s1. The van der Waals surface area contributed by atoms with Gasteiger partial charge in [0.05, 0.1) is 5.25 Å². The van der Waals surface area contributed by atoms with Gasteiger partial charge in [0.15, 0.2) is 0 Å². The van der Waals surface area contributed by atoms with Crippen LogP contribution in [0.25, 0.3) is 0 Å². The zero-order chi connectivity index (χ0) is 15.2. The van der Waals surface area contributed by atoms with Gasteiger partial charge in [0.1, 0.15) is 11.6 Å². The van der Waals surface area contributed by atoms with Crippen LogP contribution < -0.4 is 5.32 Å². The second-order valence-corrected chi connectivity index (χ2v) is 5.98. The number of aromatic hydroxyl groups is 1. The van der Waals surface area contributed by atoms with Crippen molar-refractivity contribution in [1.82, 2.24) is 5.32 Å². The molecule has 1 atom stereocenters. The Bertz CT molecular complexity index is 616. The summed E-state index contributed by atoms with van der Waals surface area (Å²) in [5.41, 5.74) is 0.465. The zero-order valence-electron chi connectivity index (χ0n) is 11.5. The van der Waals surface area contributed by atoms with E-state index < -0.39 is 0 Å². The molecule has 0 saturated heterocycles. The highest BCUT2D eigenvalue weighted by molar-refractivity contribution is 8.00.